The summed E-state index contributed by atoms with van der Waals surface area (Å²) in [6.07, 6.45) is 0. The van der Waals surface area contributed by atoms with Gasteiger partial charge in [0.15, 0.2) is 0 Å². The van der Waals surface area contributed by atoms with Crippen LogP contribution in [0.15, 0.2) is 10.6 Å². The van der Waals surface area contributed by atoms with Crippen LogP contribution in [0.4, 0.5) is 0 Å². The molecule has 0 unspecified atom stereocenters. The van der Waals surface area contributed by atoms with E-state index in [4.69, 9.17) is 9.63 Å². The number of carboxylic acids is 1. The van der Waals surface area contributed by atoms with Crippen LogP contribution in [0.1, 0.15) is 11.5 Å². The van der Waals surface area contributed by atoms with Crippen molar-refractivity contribution in [2.24, 2.45) is 0 Å². The minimum absolute atomic E-state index is 0.218. The number of nitrogens with one attached hydrogen (secondary N) is 2. The van der Waals surface area contributed by atoms with Crippen LogP contribution >= 0.6 is 0 Å². The van der Waals surface area contributed by atoms with E-state index in [0.29, 0.717) is 5.76 Å². The van der Waals surface area contributed by atoms with Gasteiger partial charge in [-0.15, -0.1) is 0 Å². The fourth-order valence-corrected chi connectivity index (χ4v) is 2.12. The maximum absolute atomic E-state index is 11.6. The van der Waals surface area contributed by atoms with E-state index in [1.54, 1.807) is 6.92 Å². The Kier molecular flexibility index (Phi) is 5.01. The fourth-order valence-electron chi connectivity index (χ4n) is 1.14. The van der Waals surface area contributed by atoms with E-state index >= 15 is 0 Å². The second kappa shape index (κ2) is 6.29. The van der Waals surface area contributed by atoms with Crippen LogP contribution in [-0.2, 0) is 25.4 Å². The molecule has 0 bridgehead atoms. The number of aromatic nitrogens is 1. The molecule has 0 atom stereocenters. The van der Waals surface area contributed by atoms with Crippen molar-refractivity contribution >= 4 is 21.9 Å². The van der Waals surface area contributed by atoms with Gasteiger partial charge in [-0.2, -0.15) is 0 Å². The number of carbonyl (C=O) groups is 2. The third-order valence-electron chi connectivity index (χ3n) is 1.90. The lowest BCUT2D eigenvalue weighted by Gasteiger charge is -2.05. The average molecular weight is 291 g/mol. The Morgan fingerprint density at radius 1 is 1.42 bits per heavy atom. The highest BCUT2D eigenvalue weighted by Crippen LogP contribution is 2.05. The highest BCUT2D eigenvalue weighted by Gasteiger charge is 2.16. The van der Waals surface area contributed by atoms with Crippen molar-refractivity contribution in [1.29, 1.82) is 0 Å². The van der Waals surface area contributed by atoms with Gasteiger partial charge in [-0.25, -0.2) is 13.1 Å². The van der Waals surface area contributed by atoms with Crippen molar-refractivity contribution in [1.82, 2.24) is 15.2 Å². The average Bonchev–Trinajstić information content (AvgIpc) is 2.68. The number of hydrogen-bond donors (Lipinski definition) is 3. The summed E-state index contributed by atoms with van der Waals surface area (Å²) in [5.74, 6) is -1.89. The van der Waals surface area contributed by atoms with Crippen LogP contribution in [0.5, 0.6) is 0 Å². The lowest BCUT2D eigenvalue weighted by atomic mass is 10.4. The van der Waals surface area contributed by atoms with Gasteiger partial charge in [-0.1, -0.05) is 5.16 Å². The SMILES string of the molecule is Cc1cc(CS(=O)(=O)NCC(=O)NCC(=O)O)no1. The van der Waals surface area contributed by atoms with E-state index < -0.39 is 40.7 Å². The van der Waals surface area contributed by atoms with Crippen molar-refractivity contribution in [3.8, 4) is 0 Å². The minimum atomic E-state index is -3.74. The van der Waals surface area contributed by atoms with Crippen LogP contribution in [0.25, 0.3) is 0 Å². The van der Waals surface area contributed by atoms with Crippen molar-refractivity contribution in [2.75, 3.05) is 13.1 Å². The molecule has 0 aromatic carbocycles. The number of rotatable bonds is 7. The Labute approximate surface area is 109 Å². The van der Waals surface area contributed by atoms with Gasteiger partial charge >= 0.3 is 5.97 Å². The molecular formula is C9H13N3O6S. The normalized spacial score (nSPS) is 11.2. The molecule has 0 aliphatic rings. The van der Waals surface area contributed by atoms with Crippen LogP contribution < -0.4 is 10.0 Å². The van der Waals surface area contributed by atoms with E-state index in [2.05, 4.69) is 5.16 Å². The van der Waals surface area contributed by atoms with Crippen LogP contribution in [0.3, 0.4) is 0 Å². The number of carboxylic acid groups (broad SMARTS) is 1. The number of aliphatic carboxylic acids is 1. The van der Waals surface area contributed by atoms with Crippen molar-refractivity contribution in [3.05, 3.63) is 17.5 Å². The van der Waals surface area contributed by atoms with Crippen LogP contribution in [0.2, 0.25) is 0 Å². The quantitative estimate of drug-likeness (QED) is 0.561. The summed E-state index contributed by atoms with van der Waals surface area (Å²) in [7, 11) is -3.74. The first kappa shape index (κ1) is 15.1. The lowest BCUT2D eigenvalue weighted by Crippen LogP contribution is -2.39. The smallest absolute Gasteiger partial charge is 0.322 e. The Morgan fingerprint density at radius 3 is 2.63 bits per heavy atom. The molecule has 0 fully saturated rings. The molecule has 0 spiro atoms. The maximum atomic E-state index is 11.6. The van der Waals surface area contributed by atoms with Crippen molar-refractivity contribution in [2.45, 2.75) is 12.7 Å². The molecule has 3 N–H and O–H groups in total. The fraction of sp³-hybridized carbons (Fsp3) is 0.444. The third-order valence-corrected chi connectivity index (χ3v) is 3.16. The number of sulfonamides is 1. The van der Waals surface area contributed by atoms with Crippen LogP contribution in [0, 0.1) is 6.92 Å². The van der Waals surface area contributed by atoms with E-state index in [9.17, 15) is 18.0 Å². The number of aryl methyl sites for hydroxylation is 1. The molecule has 0 aliphatic heterocycles. The largest absolute Gasteiger partial charge is 0.480 e. The summed E-state index contributed by atoms with van der Waals surface area (Å²) in [5.41, 5.74) is 0.218. The maximum Gasteiger partial charge on any atom is 0.322 e. The standard InChI is InChI=1S/C9H13N3O6S/c1-6-2-7(12-18-6)5-19(16,17)11-3-8(13)10-4-9(14)15/h2,11H,3-5H2,1H3,(H,10,13)(H,14,15). The van der Waals surface area contributed by atoms with Gasteiger partial charge in [0.05, 0.1) is 6.54 Å². The van der Waals surface area contributed by atoms with Gasteiger partial charge in [0, 0.05) is 6.07 Å². The molecule has 1 amide bonds. The zero-order chi connectivity index (χ0) is 14.5. The Balaban J connectivity index is 2.42. The predicted molar refractivity (Wildman–Crippen MR) is 62.5 cm³/mol. The molecule has 9 nitrogen and oxygen atoms in total. The number of nitrogens with zero attached hydrogens (tertiary/aromatic N) is 1. The van der Waals surface area contributed by atoms with Gasteiger partial charge in [0.2, 0.25) is 15.9 Å². The summed E-state index contributed by atoms with van der Waals surface area (Å²) < 4.78 is 29.9. The van der Waals surface area contributed by atoms with E-state index in [0.717, 1.165) is 0 Å². The Bertz CT molecular complexity index is 564. The van der Waals surface area contributed by atoms with Crippen LogP contribution in [-0.4, -0.2) is 43.6 Å². The highest BCUT2D eigenvalue weighted by atomic mass is 32.2. The summed E-state index contributed by atoms with van der Waals surface area (Å²) in [5, 5.41) is 13.9. The lowest BCUT2D eigenvalue weighted by molar-refractivity contribution is -0.137. The first-order valence-corrected chi connectivity index (χ1v) is 6.82. The number of carbonyl (C=O) groups excluding carboxylic acids is 1. The molecule has 1 aromatic heterocycles. The molecule has 1 heterocycles. The van der Waals surface area contributed by atoms with Gasteiger partial charge in [-0.05, 0) is 6.92 Å². The topological polar surface area (TPSA) is 139 Å². The molecule has 19 heavy (non-hydrogen) atoms. The summed E-state index contributed by atoms with van der Waals surface area (Å²) >= 11 is 0. The van der Waals surface area contributed by atoms with Crippen molar-refractivity contribution in [3.63, 3.8) is 0 Å². The molecule has 1 rings (SSSR count). The molecule has 106 valence electrons. The number of hydrogen-bond acceptors (Lipinski definition) is 6. The molecule has 10 heteroatoms. The van der Waals surface area contributed by atoms with Gasteiger partial charge < -0.3 is 14.9 Å². The summed E-state index contributed by atoms with van der Waals surface area (Å²) in [6.45, 7) is 0.519. The Hall–Kier alpha value is -1.94. The molecule has 0 saturated heterocycles. The predicted octanol–water partition coefficient (Wildman–Crippen LogP) is -1.40. The monoisotopic (exact) mass is 291 g/mol. The summed E-state index contributed by atoms with van der Waals surface area (Å²) in [6, 6.07) is 1.46. The molecular weight excluding hydrogens is 278 g/mol. The van der Waals surface area contributed by atoms with Crippen molar-refractivity contribution < 1.29 is 27.6 Å². The van der Waals surface area contributed by atoms with E-state index in [1.807, 2.05) is 10.0 Å². The van der Waals surface area contributed by atoms with Gasteiger partial charge in [-0.3, -0.25) is 9.59 Å². The second-order valence-electron chi connectivity index (χ2n) is 3.68. The first-order valence-electron chi connectivity index (χ1n) is 5.16. The summed E-state index contributed by atoms with van der Waals surface area (Å²) in [4.78, 5) is 21.3. The second-order valence-corrected chi connectivity index (χ2v) is 5.49. The van der Waals surface area contributed by atoms with Gasteiger partial charge in [0.25, 0.3) is 0 Å². The third kappa shape index (κ3) is 5.97. The zero-order valence-electron chi connectivity index (χ0n) is 10.0. The van der Waals surface area contributed by atoms with E-state index in [-0.39, 0.29) is 5.69 Å². The molecule has 1 aromatic rings. The Morgan fingerprint density at radius 2 is 2.11 bits per heavy atom. The van der Waals surface area contributed by atoms with E-state index in [1.165, 1.54) is 6.07 Å². The highest BCUT2D eigenvalue weighted by molar-refractivity contribution is 7.88. The molecule has 0 aliphatic carbocycles. The van der Waals surface area contributed by atoms with Gasteiger partial charge in [0.1, 0.15) is 23.8 Å². The molecule has 0 radical (unpaired) electrons. The minimum Gasteiger partial charge on any atom is -0.480 e. The zero-order valence-corrected chi connectivity index (χ0v) is 10.9. The first-order chi connectivity index (χ1) is 8.78. The molecule has 0 saturated carbocycles. The number of amides is 1.